The summed E-state index contributed by atoms with van der Waals surface area (Å²) in [5.41, 5.74) is 0.945. The fourth-order valence-corrected chi connectivity index (χ4v) is 4.56. The number of amides is 2. The molecule has 0 atom stereocenters. The SMILES string of the molecule is NS(=O)(=O)CC1CCC(CN2C(=O)c3ccccc3C2=O)CC1. The van der Waals surface area contributed by atoms with Gasteiger partial charge in [-0.3, -0.25) is 14.5 Å². The Morgan fingerprint density at radius 3 is 1.91 bits per heavy atom. The maximum atomic E-state index is 12.3. The second-order valence-corrected chi connectivity index (χ2v) is 8.14. The van der Waals surface area contributed by atoms with Crippen molar-refractivity contribution < 1.29 is 18.0 Å². The van der Waals surface area contributed by atoms with Crippen molar-refractivity contribution in [1.82, 2.24) is 4.90 Å². The van der Waals surface area contributed by atoms with E-state index < -0.39 is 10.0 Å². The summed E-state index contributed by atoms with van der Waals surface area (Å²) in [7, 11) is -3.44. The molecule has 1 aromatic rings. The van der Waals surface area contributed by atoms with Crippen LogP contribution in [0.3, 0.4) is 0 Å². The molecule has 1 fully saturated rings. The highest BCUT2D eigenvalue weighted by atomic mass is 32.2. The van der Waals surface area contributed by atoms with Crippen LogP contribution in [0.2, 0.25) is 0 Å². The van der Waals surface area contributed by atoms with Crippen molar-refractivity contribution >= 4 is 21.8 Å². The number of benzene rings is 1. The summed E-state index contributed by atoms with van der Waals surface area (Å²) in [6.07, 6.45) is 3.16. The lowest BCUT2D eigenvalue weighted by Crippen LogP contribution is -2.36. The van der Waals surface area contributed by atoms with Gasteiger partial charge in [-0.15, -0.1) is 0 Å². The molecule has 0 spiro atoms. The number of carbonyl (C=O) groups is 2. The zero-order valence-electron chi connectivity index (χ0n) is 12.8. The Bertz CT molecular complexity index is 701. The second kappa shape index (κ2) is 6.05. The van der Waals surface area contributed by atoms with Crippen LogP contribution in [0.1, 0.15) is 46.4 Å². The van der Waals surface area contributed by atoms with Crippen LogP contribution in [-0.2, 0) is 10.0 Å². The van der Waals surface area contributed by atoms with Gasteiger partial charge in [-0.1, -0.05) is 12.1 Å². The molecule has 124 valence electrons. The van der Waals surface area contributed by atoms with E-state index in [0.29, 0.717) is 17.7 Å². The molecule has 0 bridgehead atoms. The quantitative estimate of drug-likeness (QED) is 0.840. The molecular formula is C16H20N2O4S. The molecular weight excluding hydrogens is 316 g/mol. The summed E-state index contributed by atoms with van der Waals surface area (Å²) in [5.74, 6) is -0.112. The van der Waals surface area contributed by atoms with Gasteiger partial charge in [-0.2, -0.15) is 0 Å². The molecule has 1 aliphatic carbocycles. The van der Waals surface area contributed by atoms with E-state index in [0.717, 1.165) is 25.7 Å². The Hall–Kier alpha value is -1.73. The first-order valence-corrected chi connectivity index (χ1v) is 9.52. The number of nitrogens with two attached hydrogens (primary N) is 1. The van der Waals surface area contributed by atoms with E-state index >= 15 is 0 Å². The van der Waals surface area contributed by atoms with Gasteiger partial charge < -0.3 is 0 Å². The van der Waals surface area contributed by atoms with Crippen molar-refractivity contribution in [1.29, 1.82) is 0 Å². The van der Waals surface area contributed by atoms with Gasteiger partial charge in [0.25, 0.3) is 11.8 Å². The van der Waals surface area contributed by atoms with Gasteiger partial charge in [0.05, 0.1) is 16.9 Å². The minimum absolute atomic E-state index is 0.0206. The van der Waals surface area contributed by atoms with Gasteiger partial charge in [0, 0.05) is 6.54 Å². The molecule has 3 rings (SSSR count). The zero-order valence-corrected chi connectivity index (χ0v) is 13.6. The number of fused-ring (bicyclic) bond motifs is 1. The maximum absolute atomic E-state index is 12.3. The van der Waals surface area contributed by atoms with Crippen LogP contribution in [0, 0.1) is 11.8 Å². The van der Waals surface area contributed by atoms with Crippen molar-refractivity contribution in [2.24, 2.45) is 17.0 Å². The average molecular weight is 336 g/mol. The van der Waals surface area contributed by atoms with E-state index in [9.17, 15) is 18.0 Å². The average Bonchev–Trinajstić information content (AvgIpc) is 2.73. The monoisotopic (exact) mass is 336 g/mol. The molecule has 1 saturated carbocycles. The van der Waals surface area contributed by atoms with E-state index in [2.05, 4.69) is 0 Å². The first kappa shape index (κ1) is 16.1. The summed E-state index contributed by atoms with van der Waals surface area (Å²) < 4.78 is 22.3. The Morgan fingerprint density at radius 2 is 1.43 bits per heavy atom. The van der Waals surface area contributed by atoms with Gasteiger partial charge >= 0.3 is 0 Å². The molecule has 0 unspecified atom stereocenters. The smallest absolute Gasteiger partial charge is 0.261 e. The number of hydrogen-bond donors (Lipinski definition) is 1. The normalized spacial score (nSPS) is 24.8. The molecule has 1 aliphatic heterocycles. The van der Waals surface area contributed by atoms with Gasteiger partial charge in [0.2, 0.25) is 10.0 Å². The third-order valence-electron chi connectivity index (χ3n) is 4.75. The van der Waals surface area contributed by atoms with Gasteiger partial charge in [-0.05, 0) is 49.7 Å². The number of primary sulfonamides is 1. The molecule has 1 heterocycles. The van der Waals surface area contributed by atoms with Crippen LogP contribution in [0.15, 0.2) is 24.3 Å². The van der Waals surface area contributed by atoms with Gasteiger partial charge in [-0.25, -0.2) is 13.6 Å². The van der Waals surface area contributed by atoms with Crippen LogP contribution < -0.4 is 5.14 Å². The zero-order chi connectivity index (χ0) is 16.6. The number of carbonyl (C=O) groups excluding carboxylic acids is 2. The summed E-state index contributed by atoms with van der Waals surface area (Å²) in [6, 6.07) is 6.87. The number of sulfonamides is 1. The molecule has 2 amide bonds. The first-order chi connectivity index (χ1) is 10.8. The molecule has 1 aromatic carbocycles. The lowest BCUT2D eigenvalue weighted by Gasteiger charge is -2.30. The van der Waals surface area contributed by atoms with Gasteiger partial charge in [0.1, 0.15) is 0 Å². The summed E-state index contributed by atoms with van der Waals surface area (Å²) in [5, 5.41) is 5.09. The minimum atomic E-state index is -3.44. The van der Waals surface area contributed by atoms with Crippen molar-refractivity contribution in [3.8, 4) is 0 Å². The lowest BCUT2D eigenvalue weighted by atomic mass is 9.82. The van der Waals surface area contributed by atoms with Crippen LogP contribution in [-0.4, -0.2) is 37.4 Å². The molecule has 2 aliphatic rings. The lowest BCUT2D eigenvalue weighted by molar-refractivity contribution is 0.0612. The number of nitrogens with zero attached hydrogens (tertiary/aromatic N) is 1. The van der Waals surface area contributed by atoms with Crippen LogP contribution in [0.25, 0.3) is 0 Å². The number of imide groups is 1. The molecule has 7 heteroatoms. The van der Waals surface area contributed by atoms with Gasteiger partial charge in [0.15, 0.2) is 0 Å². The predicted octanol–water partition coefficient (Wildman–Crippen LogP) is 1.38. The predicted molar refractivity (Wildman–Crippen MR) is 85.2 cm³/mol. The first-order valence-electron chi connectivity index (χ1n) is 7.81. The maximum Gasteiger partial charge on any atom is 0.261 e. The molecule has 2 N–H and O–H groups in total. The number of rotatable bonds is 4. The van der Waals surface area contributed by atoms with E-state index in [1.807, 2.05) is 0 Å². The topological polar surface area (TPSA) is 97.5 Å². The van der Waals surface area contributed by atoms with Crippen molar-refractivity contribution in [2.75, 3.05) is 12.3 Å². The third kappa shape index (κ3) is 3.45. The molecule has 0 radical (unpaired) electrons. The highest BCUT2D eigenvalue weighted by Gasteiger charge is 2.37. The van der Waals surface area contributed by atoms with E-state index in [-0.39, 0.29) is 29.4 Å². The summed E-state index contributed by atoms with van der Waals surface area (Å²) in [6.45, 7) is 0.411. The Balaban J connectivity index is 1.60. The molecule has 6 nitrogen and oxygen atoms in total. The second-order valence-electron chi connectivity index (χ2n) is 6.48. The Morgan fingerprint density at radius 1 is 0.957 bits per heavy atom. The van der Waals surface area contributed by atoms with Crippen LogP contribution >= 0.6 is 0 Å². The largest absolute Gasteiger partial charge is 0.274 e. The van der Waals surface area contributed by atoms with Crippen LogP contribution in [0.5, 0.6) is 0 Å². The van der Waals surface area contributed by atoms with Crippen LogP contribution in [0.4, 0.5) is 0 Å². The summed E-state index contributed by atoms with van der Waals surface area (Å²) >= 11 is 0. The highest BCUT2D eigenvalue weighted by Crippen LogP contribution is 2.32. The third-order valence-corrected chi connectivity index (χ3v) is 5.69. The molecule has 0 saturated heterocycles. The van der Waals surface area contributed by atoms with Crippen molar-refractivity contribution in [3.05, 3.63) is 35.4 Å². The minimum Gasteiger partial charge on any atom is -0.274 e. The van der Waals surface area contributed by atoms with E-state index in [1.54, 1.807) is 24.3 Å². The van der Waals surface area contributed by atoms with Crippen molar-refractivity contribution in [3.63, 3.8) is 0 Å². The highest BCUT2D eigenvalue weighted by molar-refractivity contribution is 7.89. The van der Waals surface area contributed by atoms with E-state index in [4.69, 9.17) is 5.14 Å². The fraction of sp³-hybridized carbons (Fsp3) is 0.500. The number of hydrogen-bond acceptors (Lipinski definition) is 4. The Kier molecular flexibility index (Phi) is 4.25. The standard InChI is InChI=1S/C16H20N2O4S/c17-23(21,22)10-12-7-5-11(6-8-12)9-18-15(19)13-3-1-2-4-14(13)16(18)20/h1-4,11-12H,5-10H2,(H2,17,21,22). The van der Waals surface area contributed by atoms with Crippen molar-refractivity contribution in [2.45, 2.75) is 25.7 Å². The van der Waals surface area contributed by atoms with E-state index in [1.165, 1.54) is 4.90 Å². The Labute approximate surface area is 135 Å². The summed E-state index contributed by atoms with van der Waals surface area (Å²) in [4.78, 5) is 26.0. The molecule has 23 heavy (non-hydrogen) atoms. The molecule has 0 aromatic heterocycles. The fourth-order valence-electron chi connectivity index (χ4n) is 3.57.